The van der Waals surface area contributed by atoms with Crippen molar-refractivity contribution in [3.05, 3.63) is 30.6 Å². The SMILES string of the molecule is O=C(O)[C@]12CC(CCCCCCOc3ccc(-c4ccn[nH]4)nc3)[C@H](C1)C2. The molecule has 3 aliphatic carbocycles. The number of nitrogens with zero attached hydrogens (tertiary/aromatic N) is 2. The molecule has 3 fully saturated rings. The number of aromatic nitrogens is 3. The predicted molar refractivity (Wildman–Crippen MR) is 101 cm³/mol. The van der Waals surface area contributed by atoms with Crippen LogP contribution in [0.15, 0.2) is 30.6 Å². The van der Waals surface area contributed by atoms with Gasteiger partial charge in [0.25, 0.3) is 0 Å². The van der Waals surface area contributed by atoms with Crippen LogP contribution < -0.4 is 4.74 Å². The van der Waals surface area contributed by atoms with Crippen molar-refractivity contribution >= 4 is 5.97 Å². The number of pyridine rings is 1. The number of ether oxygens (including phenoxy) is 1. The summed E-state index contributed by atoms with van der Waals surface area (Å²) in [5.41, 5.74) is 1.41. The molecule has 27 heavy (non-hydrogen) atoms. The van der Waals surface area contributed by atoms with Crippen LogP contribution in [0.25, 0.3) is 11.4 Å². The summed E-state index contributed by atoms with van der Waals surface area (Å²) in [5.74, 6) is 1.56. The summed E-state index contributed by atoms with van der Waals surface area (Å²) in [6.07, 6.45) is 12.0. The molecule has 2 N–H and O–H groups in total. The first-order chi connectivity index (χ1) is 13.2. The van der Waals surface area contributed by atoms with Gasteiger partial charge in [-0.3, -0.25) is 14.9 Å². The number of carbonyl (C=O) groups is 1. The second-order valence-corrected chi connectivity index (χ2v) is 8.12. The Morgan fingerprint density at radius 2 is 2.04 bits per heavy atom. The Balaban J connectivity index is 1.08. The number of aromatic amines is 1. The summed E-state index contributed by atoms with van der Waals surface area (Å²) in [4.78, 5) is 15.7. The lowest BCUT2D eigenvalue weighted by Crippen LogP contribution is -2.36. The van der Waals surface area contributed by atoms with Crippen LogP contribution >= 0.6 is 0 Å². The van der Waals surface area contributed by atoms with E-state index >= 15 is 0 Å². The summed E-state index contributed by atoms with van der Waals surface area (Å²) in [6, 6.07) is 5.76. The lowest BCUT2D eigenvalue weighted by molar-refractivity contribution is -0.153. The van der Waals surface area contributed by atoms with Crippen molar-refractivity contribution in [3.63, 3.8) is 0 Å². The standard InChI is InChI=1S/C21H27N3O3/c25-20(26)21-11-15(16(12-21)13-21)5-3-1-2-4-10-27-17-6-7-18(22-14-17)19-8-9-23-24-19/h6-9,14-16H,1-5,10-13H2,(H,23,24)(H,25,26)/t15?,16-,21-. The molecule has 0 spiro atoms. The molecule has 2 aromatic heterocycles. The van der Waals surface area contributed by atoms with Gasteiger partial charge in [0.15, 0.2) is 0 Å². The smallest absolute Gasteiger partial charge is 0.309 e. The molecule has 144 valence electrons. The van der Waals surface area contributed by atoms with E-state index in [9.17, 15) is 9.90 Å². The van der Waals surface area contributed by atoms with Gasteiger partial charge in [0, 0.05) is 6.20 Å². The third-order valence-electron chi connectivity index (χ3n) is 6.33. The van der Waals surface area contributed by atoms with Crippen LogP contribution in [-0.4, -0.2) is 32.9 Å². The third-order valence-corrected chi connectivity index (χ3v) is 6.33. The number of hydrogen-bond acceptors (Lipinski definition) is 4. The Morgan fingerprint density at radius 3 is 2.70 bits per heavy atom. The number of nitrogens with one attached hydrogen (secondary N) is 1. The molecule has 3 saturated carbocycles. The first-order valence-corrected chi connectivity index (χ1v) is 9.98. The fraction of sp³-hybridized carbons (Fsp3) is 0.571. The van der Waals surface area contributed by atoms with Crippen LogP contribution in [0.4, 0.5) is 0 Å². The van der Waals surface area contributed by atoms with Crippen LogP contribution in [0, 0.1) is 17.3 Å². The number of aliphatic carboxylic acids is 1. The highest BCUT2D eigenvalue weighted by Crippen LogP contribution is 2.63. The normalized spacial score (nSPS) is 25.9. The predicted octanol–water partition coefficient (Wildman–Crippen LogP) is 4.30. The highest BCUT2D eigenvalue weighted by molar-refractivity contribution is 5.76. The van der Waals surface area contributed by atoms with Crippen LogP contribution in [0.3, 0.4) is 0 Å². The Bertz CT molecular complexity index is 751. The minimum Gasteiger partial charge on any atom is -0.492 e. The molecular weight excluding hydrogens is 342 g/mol. The van der Waals surface area contributed by atoms with Gasteiger partial charge in [0.05, 0.1) is 29.6 Å². The minimum absolute atomic E-state index is 0.343. The van der Waals surface area contributed by atoms with Crippen LogP contribution in [0.2, 0.25) is 0 Å². The zero-order valence-corrected chi connectivity index (χ0v) is 15.6. The van der Waals surface area contributed by atoms with E-state index in [1.54, 1.807) is 12.4 Å². The summed E-state index contributed by atoms with van der Waals surface area (Å²) < 4.78 is 5.77. The Morgan fingerprint density at radius 1 is 1.19 bits per heavy atom. The maximum absolute atomic E-state index is 11.3. The fourth-order valence-corrected chi connectivity index (χ4v) is 4.79. The number of fused-ring (bicyclic) bond motifs is 1. The van der Waals surface area contributed by atoms with Crippen LogP contribution in [-0.2, 0) is 4.79 Å². The van der Waals surface area contributed by atoms with Gasteiger partial charge >= 0.3 is 5.97 Å². The number of unbranched alkanes of at least 4 members (excludes halogenated alkanes) is 3. The zero-order chi connectivity index (χ0) is 18.7. The molecular formula is C21H27N3O3. The highest BCUT2D eigenvalue weighted by Gasteiger charge is 2.59. The molecule has 0 amide bonds. The van der Waals surface area contributed by atoms with E-state index in [0.29, 0.717) is 18.4 Å². The molecule has 1 atom stereocenters. The summed E-state index contributed by atoms with van der Waals surface area (Å²) in [5, 5.41) is 16.2. The molecule has 0 radical (unpaired) electrons. The second-order valence-electron chi connectivity index (χ2n) is 8.12. The van der Waals surface area contributed by atoms with Gasteiger partial charge < -0.3 is 9.84 Å². The van der Waals surface area contributed by atoms with Crippen molar-refractivity contribution in [2.45, 2.75) is 51.4 Å². The van der Waals surface area contributed by atoms with E-state index in [-0.39, 0.29) is 5.41 Å². The molecule has 5 rings (SSSR count). The maximum atomic E-state index is 11.3. The monoisotopic (exact) mass is 369 g/mol. The quantitative estimate of drug-likeness (QED) is 0.610. The van der Waals surface area contributed by atoms with Crippen molar-refractivity contribution in [1.29, 1.82) is 0 Å². The number of carboxylic acids is 1. The topological polar surface area (TPSA) is 88.1 Å². The van der Waals surface area contributed by atoms with Crippen molar-refractivity contribution < 1.29 is 14.6 Å². The first-order valence-electron chi connectivity index (χ1n) is 9.98. The highest BCUT2D eigenvalue weighted by atomic mass is 16.5. The summed E-state index contributed by atoms with van der Waals surface area (Å²) in [6.45, 7) is 0.708. The fourth-order valence-electron chi connectivity index (χ4n) is 4.79. The second kappa shape index (κ2) is 7.71. The van der Waals surface area contributed by atoms with E-state index in [1.165, 1.54) is 19.3 Å². The van der Waals surface area contributed by atoms with Crippen LogP contribution in [0.1, 0.15) is 51.4 Å². The van der Waals surface area contributed by atoms with Gasteiger partial charge in [-0.15, -0.1) is 0 Å². The lowest BCUT2D eigenvalue weighted by atomic mass is 9.69. The average Bonchev–Trinajstić information content (AvgIpc) is 3.36. The molecule has 1 unspecified atom stereocenters. The Hall–Kier alpha value is -2.37. The molecule has 0 aromatic carbocycles. The van der Waals surface area contributed by atoms with E-state index in [4.69, 9.17) is 4.74 Å². The van der Waals surface area contributed by atoms with Gasteiger partial charge in [-0.2, -0.15) is 5.10 Å². The van der Waals surface area contributed by atoms with Gasteiger partial charge in [-0.05, 0) is 55.7 Å². The first kappa shape index (κ1) is 18.0. The van der Waals surface area contributed by atoms with Crippen molar-refractivity contribution in [1.82, 2.24) is 15.2 Å². The van der Waals surface area contributed by atoms with Gasteiger partial charge in [0.2, 0.25) is 0 Å². The van der Waals surface area contributed by atoms with Gasteiger partial charge in [-0.25, -0.2) is 0 Å². The maximum Gasteiger partial charge on any atom is 0.309 e. The zero-order valence-electron chi connectivity index (χ0n) is 15.6. The van der Waals surface area contributed by atoms with Crippen molar-refractivity contribution in [2.24, 2.45) is 17.3 Å². The number of rotatable bonds is 10. The molecule has 3 aliphatic rings. The van der Waals surface area contributed by atoms with E-state index < -0.39 is 5.97 Å². The summed E-state index contributed by atoms with van der Waals surface area (Å²) in [7, 11) is 0. The number of carboxylic acid groups (broad SMARTS) is 1. The molecule has 6 nitrogen and oxygen atoms in total. The molecule has 0 aliphatic heterocycles. The third kappa shape index (κ3) is 3.84. The largest absolute Gasteiger partial charge is 0.492 e. The molecule has 0 saturated heterocycles. The Kier molecular flexibility index (Phi) is 5.14. The summed E-state index contributed by atoms with van der Waals surface area (Å²) >= 11 is 0. The van der Waals surface area contributed by atoms with Crippen molar-refractivity contribution in [3.8, 4) is 17.1 Å². The molecule has 6 heteroatoms. The van der Waals surface area contributed by atoms with Crippen molar-refractivity contribution in [2.75, 3.05) is 6.61 Å². The lowest BCUT2D eigenvalue weighted by Gasteiger charge is -2.34. The van der Waals surface area contributed by atoms with E-state index in [1.807, 2.05) is 18.2 Å². The molecule has 2 heterocycles. The van der Waals surface area contributed by atoms with E-state index in [0.717, 1.165) is 49.2 Å². The number of hydrogen-bond donors (Lipinski definition) is 2. The average molecular weight is 369 g/mol. The Labute approximate surface area is 159 Å². The van der Waals surface area contributed by atoms with E-state index in [2.05, 4.69) is 15.2 Å². The number of H-pyrrole nitrogens is 1. The minimum atomic E-state index is -0.564. The van der Waals surface area contributed by atoms with Crippen LogP contribution in [0.5, 0.6) is 5.75 Å². The molecule has 2 bridgehead atoms. The van der Waals surface area contributed by atoms with Gasteiger partial charge in [-0.1, -0.05) is 25.7 Å². The molecule has 2 aromatic rings. The van der Waals surface area contributed by atoms with Gasteiger partial charge in [0.1, 0.15) is 5.75 Å².